The van der Waals surface area contributed by atoms with E-state index >= 15 is 0 Å². The van der Waals surface area contributed by atoms with Crippen molar-refractivity contribution >= 4 is 17.2 Å². The van der Waals surface area contributed by atoms with E-state index in [0.717, 1.165) is 39.0 Å². The Labute approximate surface area is 145 Å². The first-order valence-corrected chi connectivity index (χ1v) is 9.54. The van der Waals surface area contributed by atoms with Gasteiger partial charge in [-0.2, -0.15) is 0 Å². The molecule has 2 heterocycles. The van der Waals surface area contributed by atoms with Crippen molar-refractivity contribution in [1.29, 1.82) is 0 Å². The molecule has 130 valence electrons. The van der Waals surface area contributed by atoms with E-state index in [1.54, 1.807) is 6.92 Å². The van der Waals surface area contributed by atoms with Crippen molar-refractivity contribution in [1.82, 2.24) is 5.32 Å². The maximum atomic E-state index is 11.5. The van der Waals surface area contributed by atoms with Gasteiger partial charge >= 0.3 is 0 Å². The molecule has 0 radical (unpaired) electrons. The zero-order valence-electron chi connectivity index (χ0n) is 14.8. The van der Waals surface area contributed by atoms with Gasteiger partial charge in [0, 0.05) is 19.5 Å². The minimum Gasteiger partial charge on any atom is -0.376 e. The number of ketones is 1. The second-order valence-electron chi connectivity index (χ2n) is 7.87. The summed E-state index contributed by atoms with van der Waals surface area (Å²) < 4.78 is 0. The molecule has 0 saturated carbocycles. The van der Waals surface area contributed by atoms with Crippen LogP contribution in [0.1, 0.15) is 50.2 Å². The Balaban J connectivity index is 1.69. The summed E-state index contributed by atoms with van der Waals surface area (Å²) in [5.74, 6) is 0.285. The highest BCUT2D eigenvalue weighted by atomic mass is 16.1. The van der Waals surface area contributed by atoms with Crippen LogP contribution in [0.4, 0.5) is 11.4 Å². The number of carbonyl (C=O) groups is 1. The molecule has 2 aliphatic heterocycles. The minimum absolute atomic E-state index is 0.165. The first kappa shape index (κ1) is 15.9. The molecule has 0 amide bonds. The summed E-state index contributed by atoms with van der Waals surface area (Å²) in [6.45, 7) is 5.73. The van der Waals surface area contributed by atoms with Gasteiger partial charge in [-0.25, -0.2) is 0 Å². The zero-order chi connectivity index (χ0) is 16.6. The smallest absolute Gasteiger partial charge is 0.131 e. The number of piperidine rings is 1. The summed E-state index contributed by atoms with van der Waals surface area (Å²) in [5, 5.41) is 7.40. The highest BCUT2D eigenvalue weighted by molar-refractivity contribution is 5.79. The van der Waals surface area contributed by atoms with Crippen LogP contribution in [0.2, 0.25) is 0 Å². The van der Waals surface area contributed by atoms with E-state index in [0.29, 0.717) is 6.42 Å². The summed E-state index contributed by atoms with van der Waals surface area (Å²) in [4.78, 5) is 14.0. The predicted octanol–water partition coefficient (Wildman–Crippen LogP) is 2.90. The van der Waals surface area contributed by atoms with Crippen LogP contribution in [0.5, 0.6) is 0 Å². The van der Waals surface area contributed by atoms with Gasteiger partial charge in [0.25, 0.3) is 0 Å². The Morgan fingerprint density at radius 2 is 1.88 bits per heavy atom. The number of nitrogens with zero attached hydrogens (tertiary/aromatic N) is 1. The first-order valence-electron chi connectivity index (χ1n) is 9.54. The molecule has 1 fully saturated rings. The summed E-state index contributed by atoms with van der Waals surface area (Å²) in [6.07, 6.45) is 7.99. The van der Waals surface area contributed by atoms with E-state index < -0.39 is 0 Å². The fraction of sp³-hybridized carbons (Fsp3) is 0.650. The molecule has 0 unspecified atom stereocenters. The van der Waals surface area contributed by atoms with E-state index in [-0.39, 0.29) is 11.3 Å². The number of aryl methyl sites for hydroxylation is 2. The van der Waals surface area contributed by atoms with Gasteiger partial charge < -0.3 is 15.5 Å². The number of carbonyl (C=O) groups excluding carboxylic acids is 1. The highest BCUT2D eigenvalue weighted by Gasteiger charge is 2.38. The number of benzene rings is 1. The molecule has 0 bridgehead atoms. The van der Waals surface area contributed by atoms with Crippen LogP contribution in [-0.2, 0) is 17.6 Å². The van der Waals surface area contributed by atoms with Crippen LogP contribution < -0.4 is 15.5 Å². The number of nitrogens with one attached hydrogen (secondary N) is 2. The monoisotopic (exact) mass is 327 g/mol. The fourth-order valence-electron chi connectivity index (χ4n) is 4.59. The third kappa shape index (κ3) is 3.04. The Bertz CT molecular complexity index is 634. The van der Waals surface area contributed by atoms with Gasteiger partial charge in [0.2, 0.25) is 0 Å². The van der Waals surface area contributed by atoms with E-state index in [2.05, 4.69) is 27.7 Å². The molecule has 3 aliphatic rings. The third-order valence-corrected chi connectivity index (χ3v) is 5.99. The summed E-state index contributed by atoms with van der Waals surface area (Å²) in [6, 6.07) is 4.82. The molecule has 0 atom stereocenters. The van der Waals surface area contributed by atoms with Gasteiger partial charge in [0.15, 0.2) is 0 Å². The average Bonchev–Trinajstić information content (AvgIpc) is 2.58. The van der Waals surface area contributed by atoms with Gasteiger partial charge in [-0.15, -0.1) is 0 Å². The second kappa shape index (κ2) is 6.40. The maximum Gasteiger partial charge on any atom is 0.131 e. The van der Waals surface area contributed by atoms with E-state index in [1.807, 2.05) is 0 Å². The predicted molar refractivity (Wildman–Crippen MR) is 99.1 cm³/mol. The number of fused-ring (bicyclic) bond motifs is 2. The maximum absolute atomic E-state index is 11.5. The molecule has 1 saturated heterocycles. The highest BCUT2D eigenvalue weighted by Crippen LogP contribution is 2.41. The number of rotatable bonds is 3. The number of Topliss-reactive ketones (excluding diaryl/α,β-unsaturated/α-hetero) is 1. The topological polar surface area (TPSA) is 44.4 Å². The third-order valence-electron chi connectivity index (χ3n) is 5.99. The molecule has 4 rings (SSSR count). The lowest BCUT2D eigenvalue weighted by Crippen LogP contribution is -2.57. The Kier molecular flexibility index (Phi) is 4.25. The van der Waals surface area contributed by atoms with E-state index in [1.165, 1.54) is 48.2 Å². The van der Waals surface area contributed by atoms with Crippen molar-refractivity contribution in [2.24, 2.45) is 0 Å². The van der Waals surface area contributed by atoms with E-state index in [4.69, 9.17) is 0 Å². The lowest BCUT2D eigenvalue weighted by Gasteiger charge is -2.48. The van der Waals surface area contributed by atoms with Crippen molar-refractivity contribution in [3.05, 3.63) is 23.3 Å². The van der Waals surface area contributed by atoms with Crippen LogP contribution in [0, 0.1) is 0 Å². The molecule has 24 heavy (non-hydrogen) atoms. The van der Waals surface area contributed by atoms with Gasteiger partial charge in [0.05, 0.1) is 16.9 Å². The molecule has 1 aromatic carbocycles. The van der Waals surface area contributed by atoms with Crippen LogP contribution in [-0.4, -0.2) is 37.5 Å². The van der Waals surface area contributed by atoms with E-state index in [9.17, 15) is 4.79 Å². The molecule has 4 nitrogen and oxygen atoms in total. The molecule has 0 aromatic heterocycles. The standard InChI is InChI=1S/C20H29N3O/c1-15(24)6-11-23-14-20(7-9-21-10-8-20)22-18-12-16-4-2-3-5-17(16)13-19(18)23/h12-13,21-22H,2-11,14H2,1H3. The lowest BCUT2D eigenvalue weighted by atomic mass is 9.83. The molecular formula is C20H29N3O. The summed E-state index contributed by atoms with van der Waals surface area (Å²) >= 11 is 0. The van der Waals surface area contributed by atoms with Crippen LogP contribution in [0.3, 0.4) is 0 Å². The van der Waals surface area contributed by atoms with Gasteiger partial charge in [-0.05, 0) is 81.8 Å². The molecular weight excluding hydrogens is 298 g/mol. The number of hydrogen-bond acceptors (Lipinski definition) is 4. The van der Waals surface area contributed by atoms with Gasteiger partial charge in [-0.1, -0.05) is 0 Å². The van der Waals surface area contributed by atoms with Crippen LogP contribution in [0.15, 0.2) is 12.1 Å². The molecule has 2 N–H and O–H groups in total. The Hall–Kier alpha value is -1.55. The Morgan fingerprint density at radius 1 is 1.17 bits per heavy atom. The van der Waals surface area contributed by atoms with Crippen molar-refractivity contribution in [3.8, 4) is 0 Å². The summed E-state index contributed by atoms with van der Waals surface area (Å²) in [7, 11) is 0. The quantitative estimate of drug-likeness (QED) is 0.896. The summed E-state index contributed by atoms with van der Waals surface area (Å²) in [5.41, 5.74) is 5.84. The Morgan fingerprint density at radius 3 is 2.58 bits per heavy atom. The van der Waals surface area contributed by atoms with Gasteiger partial charge in [0.1, 0.15) is 5.78 Å². The first-order chi connectivity index (χ1) is 11.7. The number of hydrogen-bond donors (Lipinski definition) is 2. The van der Waals surface area contributed by atoms with Crippen molar-refractivity contribution in [2.75, 3.05) is 36.4 Å². The number of anilines is 2. The van der Waals surface area contributed by atoms with Crippen LogP contribution >= 0.6 is 0 Å². The molecule has 1 aromatic rings. The normalized spacial score (nSPS) is 21.8. The SMILES string of the molecule is CC(=O)CCN1CC2(CCNCC2)Nc2cc3c(cc21)CCCC3. The van der Waals surface area contributed by atoms with Crippen molar-refractivity contribution in [3.63, 3.8) is 0 Å². The van der Waals surface area contributed by atoms with Gasteiger partial charge in [-0.3, -0.25) is 4.79 Å². The van der Waals surface area contributed by atoms with Crippen LogP contribution in [0.25, 0.3) is 0 Å². The average molecular weight is 327 g/mol. The fourth-order valence-corrected chi connectivity index (χ4v) is 4.59. The molecule has 4 heteroatoms. The lowest BCUT2D eigenvalue weighted by molar-refractivity contribution is -0.116. The molecule has 1 aliphatic carbocycles. The van der Waals surface area contributed by atoms with Crippen molar-refractivity contribution in [2.45, 2.75) is 57.4 Å². The minimum atomic E-state index is 0.165. The second-order valence-corrected chi connectivity index (χ2v) is 7.87. The largest absolute Gasteiger partial charge is 0.376 e. The molecule has 1 spiro atoms. The zero-order valence-corrected chi connectivity index (χ0v) is 14.8. The van der Waals surface area contributed by atoms with Crippen molar-refractivity contribution < 1.29 is 4.79 Å².